The molecule has 2 aromatic heterocycles. The van der Waals surface area contributed by atoms with Gasteiger partial charge in [0.05, 0.1) is 23.6 Å². The lowest BCUT2D eigenvalue weighted by Crippen LogP contribution is -2.57. The monoisotopic (exact) mass is 802 g/mol. The summed E-state index contributed by atoms with van der Waals surface area (Å²) >= 11 is 3.49. The van der Waals surface area contributed by atoms with Gasteiger partial charge in [-0.25, -0.2) is 14.8 Å². The van der Waals surface area contributed by atoms with Gasteiger partial charge in [-0.2, -0.15) is 13.2 Å². The maximum absolute atomic E-state index is 14.4. The van der Waals surface area contributed by atoms with Crippen molar-refractivity contribution in [2.24, 2.45) is 0 Å². The molecule has 0 bridgehead atoms. The quantitative estimate of drug-likeness (QED) is 0.221. The lowest BCUT2D eigenvalue weighted by Gasteiger charge is -2.41. The number of amides is 2. The molecule has 2 atom stereocenters. The van der Waals surface area contributed by atoms with E-state index in [0.29, 0.717) is 34.9 Å². The zero-order valence-electron chi connectivity index (χ0n) is 29.8. The number of fused-ring (bicyclic) bond motifs is 1. The Morgan fingerprint density at radius 3 is 2.43 bits per heavy atom. The molecule has 11 nitrogen and oxygen atoms in total. The molecule has 0 radical (unpaired) electrons. The number of aromatic nitrogens is 4. The number of nitrogens with zero attached hydrogens (tertiary/aromatic N) is 7. The van der Waals surface area contributed by atoms with Crippen molar-refractivity contribution in [3.8, 4) is 16.9 Å². The van der Waals surface area contributed by atoms with Gasteiger partial charge in [-0.3, -0.25) is 23.6 Å². The van der Waals surface area contributed by atoms with E-state index < -0.39 is 23.8 Å². The number of carbonyl (C=O) groups is 2. The highest BCUT2D eigenvalue weighted by molar-refractivity contribution is 9.10. The molecule has 2 amide bonds. The molecule has 1 fully saturated rings. The summed E-state index contributed by atoms with van der Waals surface area (Å²) in [7, 11) is 1.47. The number of halogens is 4. The Labute approximate surface area is 318 Å². The van der Waals surface area contributed by atoms with Crippen LogP contribution in [-0.2, 0) is 19.6 Å². The number of aryl methyl sites for hydroxylation is 1. The van der Waals surface area contributed by atoms with Crippen LogP contribution < -0.4 is 15.9 Å². The number of alkyl halides is 3. The topological polar surface area (TPSA) is 109 Å². The van der Waals surface area contributed by atoms with Crippen molar-refractivity contribution in [3.05, 3.63) is 128 Å². The van der Waals surface area contributed by atoms with Gasteiger partial charge in [0.15, 0.2) is 0 Å². The maximum Gasteiger partial charge on any atom is 0.405 e. The Kier molecular flexibility index (Phi) is 10.2. The molecule has 0 unspecified atom stereocenters. The predicted octanol–water partition coefficient (Wildman–Crippen LogP) is 5.82. The van der Waals surface area contributed by atoms with Crippen LogP contribution in [0.25, 0.3) is 16.9 Å². The Hall–Kier alpha value is -5.28. The maximum atomic E-state index is 14.4. The van der Waals surface area contributed by atoms with Crippen molar-refractivity contribution in [3.63, 3.8) is 0 Å². The molecule has 2 aliphatic rings. The standard InChI is InChI=1S/C39H38BrF3N8O3/c1-24-18-26(8-13-31(24)40)37(53)49-21-33-35(36(52)45-19-27-6-4-5-7-30(27)32-14-15-44-23-46-32)51(38(54)50(33)20-25(49)2)29-11-9-28(10-12-29)48-17-16-47(3)34(22-48)39(41,42)43/h4-15,18,23,25,34H,16-17,19-22H2,1-3H3,(H,45,52)/t25-,34+/m1/s1. The van der Waals surface area contributed by atoms with E-state index in [1.165, 1.54) is 27.4 Å². The highest BCUT2D eigenvalue weighted by Gasteiger charge is 2.45. The van der Waals surface area contributed by atoms with Crippen LogP contribution in [0.3, 0.4) is 0 Å². The van der Waals surface area contributed by atoms with E-state index in [1.807, 2.05) is 44.2 Å². The van der Waals surface area contributed by atoms with Crippen molar-refractivity contribution in [1.29, 1.82) is 0 Å². The number of nitrogens with one attached hydrogen (secondary N) is 1. The molecule has 54 heavy (non-hydrogen) atoms. The van der Waals surface area contributed by atoms with Gasteiger partial charge in [0.25, 0.3) is 11.8 Å². The fourth-order valence-electron chi connectivity index (χ4n) is 7.21. The SMILES string of the molecule is Cc1cc(C(=O)N2Cc3c(C(=O)NCc4ccccc4-c4ccncn4)n(-c4ccc(N5CCN(C)[C@H](C(F)(F)F)C5)cc4)c(=O)n3C[C@H]2C)ccc1Br. The van der Waals surface area contributed by atoms with E-state index in [-0.39, 0.29) is 50.4 Å². The number of piperazine rings is 1. The van der Waals surface area contributed by atoms with Crippen LogP contribution in [0, 0.1) is 6.92 Å². The molecule has 1 saturated heterocycles. The highest BCUT2D eigenvalue weighted by atomic mass is 79.9. The summed E-state index contributed by atoms with van der Waals surface area (Å²) in [5.74, 6) is -0.765. The molecule has 0 aliphatic carbocycles. The van der Waals surface area contributed by atoms with E-state index in [1.54, 1.807) is 58.5 Å². The van der Waals surface area contributed by atoms with Crippen molar-refractivity contribution in [1.82, 2.24) is 34.2 Å². The van der Waals surface area contributed by atoms with Crippen LogP contribution in [-0.4, -0.2) is 85.7 Å². The largest absolute Gasteiger partial charge is 0.405 e. The van der Waals surface area contributed by atoms with Crippen molar-refractivity contribution < 1.29 is 22.8 Å². The van der Waals surface area contributed by atoms with Gasteiger partial charge in [-0.1, -0.05) is 40.2 Å². The van der Waals surface area contributed by atoms with Gasteiger partial charge in [0.2, 0.25) is 0 Å². The minimum Gasteiger partial charge on any atom is -0.368 e. The molecule has 15 heteroatoms. The van der Waals surface area contributed by atoms with Crippen LogP contribution in [0.4, 0.5) is 18.9 Å². The van der Waals surface area contributed by atoms with Crippen LogP contribution in [0.1, 0.15) is 44.6 Å². The minimum atomic E-state index is -4.38. The van der Waals surface area contributed by atoms with Crippen LogP contribution >= 0.6 is 15.9 Å². The van der Waals surface area contributed by atoms with Gasteiger partial charge < -0.3 is 15.1 Å². The average Bonchev–Trinajstić information content (AvgIpc) is 3.45. The predicted molar refractivity (Wildman–Crippen MR) is 202 cm³/mol. The molecular formula is C39H38BrF3N8O3. The van der Waals surface area contributed by atoms with Gasteiger partial charge in [-0.05, 0) is 80.6 Å². The number of rotatable bonds is 7. The van der Waals surface area contributed by atoms with E-state index in [4.69, 9.17) is 0 Å². The Morgan fingerprint density at radius 1 is 0.981 bits per heavy atom. The van der Waals surface area contributed by atoms with E-state index in [9.17, 15) is 27.6 Å². The summed E-state index contributed by atoms with van der Waals surface area (Å²) in [5, 5.41) is 3.00. The van der Waals surface area contributed by atoms with E-state index in [0.717, 1.165) is 21.2 Å². The molecule has 0 spiro atoms. The number of hydrogen-bond acceptors (Lipinski definition) is 7. The molecular weight excluding hydrogens is 765 g/mol. The second kappa shape index (κ2) is 14.9. The molecule has 5 aromatic rings. The second-order valence-electron chi connectivity index (χ2n) is 13.7. The molecule has 280 valence electrons. The fraction of sp³-hybridized carbons (Fsp3) is 0.308. The van der Waals surface area contributed by atoms with Crippen LogP contribution in [0.5, 0.6) is 0 Å². The fourth-order valence-corrected chi connectivity index (χ4v) is 7.46. The summed E-state index contributed by atoms with van der Waals surface area (Å²) < 4.78 is 45.1. The van der Waals surface area contributed by atoms with E-state index in [2.05, 4.69) is 31.2 Å². The van der Waals surface area contributed by atoms with Crippen molar-refractivity contribution >= 4 is 33.4 Å². The first-order valence-corrected chi connectivity index (χ1v) is 18.3. The van der Waals surface area contributed by atoms with Gasteiger partial charge in [-0.15, -0.1) is 0 Å². The molecule has 2 aliphatic heterocycles. The molecule has 3 aromatic carbocycles. The normalized spacial score (nSPS) is 17.7. The molecule has 0 saturated carbocycles. The minimum absolute atomic E-state index is 0.00413. The van der Waals surface area contributed by atoms with Crippen molar-refractivity contribution in [2.45, 2.75) is 51.7 Å². The van der Waals surface area contributed by atoms with Crippen molar-refractivity contribution in [2.75, 3.05) is 31.6 Å². The zero-order valence-corrected chi connectivity index (χ0v) is 31.4. The number of hydrogen-bond donors (Lipinski definition) is 1. The van der Waals surface area contributed by atoms with E-state index >= 15 is 0 Å². The summed E-state index contributed by atoms with van der Waals surface area (Å²) in [6.45, 7) is 4.41. The number of benzene rings is 3. The third-order valence-electron chi connectivity index (χ3n) is 10.2. The first-order chi connectivity index (χ1) is 25.8. The zero-order chi connectivity index (χ0) is 38.3. The van der Waals surface area contributed by atoms with Gasteiger partial charge in [0, 0.05) is 66.2 Å². The Morgan fingerprint density at radius 2 is 1.72 bits per heavy atom. The summed E-state index contributed by atoms with van der Waals surface area (Å²) in [4.78, 5) is 55.6. The summed E-state index contributed by atoms with van der Waals surface area (Å²) in [5.41, 5.74) is 4.57. The summed E-state index contributed by atoms with van der Waals surface area (Å²) in [6, 6.07) is 19.3. The second-order valence-corrected chi connectivity index (χ2v) is 14.6. The summed E-state index contributed by atoms with van der Waals surface area (Å²) in [6.07, 6.45) is -1.30. The molecule has 1 N–H and O–H groups in total. The number of likely N-dealkylation sites (N-methyl/N-ethyl adjacent to an activating group) is 1. The average molecular weight is 804 g/mol. The first kappa shape index (κ1) is 37.1. The number of imidazole rings is 1. The van der Waals surface area contributed by atoms with Gasteiger partial charge >= 0.3 is 11.9 Å². The number of anilines is 1. The van der Waals surface area contributed by atoms with Crippen LogP contribution in [0.2, 0.25) is 0 Å². The third-order valence-corrected chi connectivity index (χ3v) is 11.1. The number of carbonyl (C=O) groups excluding carboxylic acids is 2. The molecule has 7 rings (SSSR count). The first-order valence-electron chi connectivity index (χ1n) is 17.5. The third kappa shape index (κ3) is 7.17. The Bertz CT molecular complexity index is 2260. The highest BCUT2D eigenvalue weighted by Crippen LogP contribution is 2.31. The Balaban J connectivity index is 1.25. The lowest BCUT2D eigenvalue weighted by atomic mass is 10.0. The van der Waals surface area contributed by atoms with Crippen LogP contribution in [0.15, 0.2) is 94.6 Å². The lowest BCUT2D eigenvalue weighted by molar-refractivity contribution is -0.180. The van der Waals surface area contributed by atoms with Gasteiger partial charge in [0.1, 0.15) is 18.1 Å². The molecule has 4 heterocycles. The smallest absolute Gasteiger partial charge is 0.368 e.